The molecule has 0 radical (unpaired) electrons. The Morgan fingerprint density at radius 3 is 2.50 bits per heavy atom. The van der Waals surface area contributed by atoms with Gasteiger partial charge in [0.05, 0.1) is 0 Å². The van der Waals surface area contributed by atoms with E-state index in [-0.39, 0.29) is 19.5 Å². The monoisotopic (exact) mass is 181 g/mol. The summed E-state index contributed by atoms with van der Waals surface area (Å²) in [5.41, 5.74) is 0. The fourth-order valence-corrected chi connectivity index (χ4v) is 0.369. The second-order valence-corrected chi connectivity index (χ2v) is 1.49. The van der Waals surface area contributed by atoms with Gasteiger partial charge in [-0.25, -0.2) is 9.67 Å². The molecule has 40 valence electrons. The van der Waals surface area contributed by atoms with Crippen molar-refractivity contribution in [2.75, 3.05) is 0 Å². The van der Waals surface area contributed by atoms with Gasteiger partial charge in [-0.3, -0.25) is 0 Å². The average molecular weight is 183 g/mol. The van der Waals surface area contributed by atoms with Gasteiger partial charge in [0.25, 0.3) is 0 Å². The maximum atomic E-state index is 5.41. The van der Waals surface area contributed by atoms with E-state index in [0.29, 0.717) is 5.28 Å². The predicted octanol–water partition coefficient (Wildman–Crippen LogP) is 0.466. The summed E-state index contributed by atoms with van der Waals surface area (Å²) in [7, 11) is 1.73. The number of aryl methyl sites for hydroxylation is 1. The van der Waals surface area contributed by atoms with Gasteiger partial charge in [0.2, 0.25) is 5.28 Å². The number of hydrogen-bond donors (Lipinski definition) is 0. The topological polar surface area (TPSA) is 30.7 Å². The number of nitrogens with zero attached hydrogens (tertiary/aromatic N) is 3. The second kappa shape index (κ2) is 3.15. The van der Waals surface area contributed by atoms with Crippen molar-refractivity contribution >= 4 is 11.6 Å². The fourth-order valence-electron chi connectivity index (χ4n) is 0.282. The molecular formula is C3H4ClN3Zn. The Kier molecular flexibility index (Phi) is 3.17. The van der Waals surface area contributed by atoms with E-state index in [9.17, 15) is 0 Å². The van der Waals surface area contributed by atoms with E-state index < -0.39 is 0 Å². The summed E-state index contributed by atoms with van der Waals surface area (Å²) < 4.78 is 1.49. The van der Waals surface area contributed by atoms with E-state index in [0.717, 1.165) is 0 Å². The van der Waals surface area contributed by atoms with Crippen LogP contribution in [0, 0.1) is 0 Å². The first-order chi connectivity index (χ1) is 3.30. The zero-order chi connectivity index (χ0) is 5.28. The van der Waals surface area contributed by atoms with Gasteiger partial charge in [-0.2, -0.15) is 5.10 Å². The molecule has 0 N–H and O–H groups in total. The first-order valence-electron chi connectivity index (χ1n) is 1.80. The Bertz CT molecular complexity index is 147. The van der Waals surface area contributed by atoms with E-state index >= 15 is 0 Å². The molecule has 0 aliphatic rings. The molecule has 8 heavy (non-hydrogen) atoms. The van der Waals surface area contributed by atoms with Gasteiger partial charge in [-0.05, 0) is 11.6 Å². The molecule has 0 fully saturated rings. The maximum Gasteiger partial charge on any atom is 0.220 e. The van der Waals surface area contributed by atoms with Gasteiger partial charge < -0.3 is 0 Å². The van der Waals surface area contributed by atoms with E-state index in [1.54, 1.807) is 7.05 Å². The summed E-state index contributed by atoms with van der Waals surface area (Å²) in [6.45, 7) is 0. The molecule has 0 aliphatic heterocycles. The molecule has 0 unspecified atom stereocenters. The van der Waals surface area contributed by atoms with Gasteiger partial charge in [-0.1, -0.05) is 0 Å². The van der Waals surface area contributed by atoms with Crippen LogP contribution in [0.15, 0.2) is 6.33 Å². The Labute approximate surface area is 64.8 Å². The third-order valence-electron chi connectivity index (χ3n) is 0.656. The van der Waals surface area contributed by atoms with Crippen molar-refractivity contribution < 1.29 is 19.5 Å². The first-order valence-corrected chi connectivity index (χ1v) is 2.18. The normalized spacial score (nSPS) is 8.25. The van der Waals surface area contributed by atoms with Crippen LogP contribution in [0.25, 0.3) is 0 Å². The molecule has 0 atom stereocenters. The van der Waals surface area contributed by atoms with E-state index in [1.165, 1.54) is 11.0 Å². The Morgan fingerprint density at radius 2 is 2.38 bits per heavy atom. The molecule has 0 bridgehead atoms. The third kappa shape index (κ3) is 1.53. The van der Waals surface area contributed by atoms with Crippen molar-refractivity contribution in [1.29, 1.82) is 0 Å². The second-order valence-electron chi connectivity index (χ2n) is 1.15. The number of rotatable bonds is 0. The van der Waals surface area contributed by atoms with Gasteiger partial charge in [-0.15, -0.1) is 0 Å². The molecule has 0 spiro atoms. The molecule has 0 amide bonds. The van der Waals surface area contributed by atoms with E-state index in [1.807, 2.05) is 0 Å². The van der Waals surface area contributed by atoms with Crippen molar-refractivity contribution in [2.45, 2.75) is 0 Å². The summed E-state index contributed by atoms with van der Waals surface area (Å²) in [5, 5.41) is 4.11. The Hall–Kier alpha value is 0.0534. The molecular weight excluding hydrogens is 179 g/mol. The van der Waals surface area contributed by atoms with Crippen LogP contribution in [-0.4, -0.2) is 14.8 Å². The summed E-state index contributed by atoms with van der Waals surface area (Å²) in [4.78, 5) is 3.63. The molecule has 1 heterocycles. The van der Waals surface area contributed by atoms with Crippen LogP contribution in [0.5, 0.6) is 0 Å². The van der Waals surface area contributed by atoms with Crippen molar-refractivity contribution in [1.82, 2.24) is 14.8 Å². The molecule has 1 rings (SSSR count). The molecule has 5 heteroatoms. The van der Waals surface area contributed by atoms with Crippen LogP contribution in [0.4, 0.5) is 0 Å². The van der Waals surface area contributed by atoms with E-state index in [4.69, 9.17) is 11.6 Å². The molecule has 1 aromatic rings. The molecule has 0 aromatic carbocycles. The zero-order valence-corrected chi connectivity index (χ0v) is 8.23. The number of aromatic nitrogens is 3. The number of hydrogen-bond acceptors (Lipinski definition) is 2. The average Bonchev–Trinajstić information content (AvgIpc) is 1.91. The first kappa shape index (κ1) is 8.05. The molecule has 1 aromatic heterocycles. The largest absolute Gasteiger partial charge is 0.240 e. The van der Waals surface area contributed by atoms with Gasteiger partial charge in [0, 0.05) is 26.5 Å². The third-order valence-corrected chi connectivity index (χ3v) is 0.998. The summed E-state index contributed by atoms with van der Waals surface area (Å²) >= 11 is 5.41. The van der Waals surface area contributed by atoms with Crippen LogP contribution < -0.4 is 0 Å². The minimum Gasteiger partial charge on any atom is -0.240 e. The Balaban J connectivity index is 0.000000490. The smallest absolute Gasteiger partial charge is 0.220 e. The summed E-state index contributed by atoms with van der Waals surface area (Å²) in [5.74, 6) is 0. The molecule has 3 nitrogen and oxygen atoms in total. The summed E-state index contributed by atoms with van der Waals surface area (Å²) in [6, 6.07) is 0. The molecule has 0 saturated heterocycles. The van der Waals surface area contributed by atoms with Crippen molar-refractivity contribution in [2.24, 2.45) is 7.05 Å². The number of halogens is 1. The van der Waals surface area contributed by atoms with Crippen molar-refractivity contribution in [3.8, 4) is 0 Å². The summed E-state index contributed by atoms with van der Waals surface area (Å²) in [6.07, 6.45) is 1.41. The standard InChI is InChI=1S/C3H4ClN3.Zn/c1-7-3(4)5-2-6-7;/h2H,1H3;. The molecule has 0 aliphatic carbocycles. The van der Waals surface area contributed by atoms with Crippen LogP contribution in [0.1, 0.15) is 0 Å². The minimum atomic E-state index is 0. The van der Waals surface area contributed by atoms with Crippen LogP contribution in [0.2, 0.25) is 5.28 Å². The zero-order valence-electron chi connectivity index (χ0n) is 4.50. The predicted molar refractivity (Wildman–Crippen MR) is 26.0 cm³/mol. The van der Waals surface area contributed by atoms with Gasteiger partial charge in [0.15, 0.2) is 0 Å². The van der Waals surface area contributed by atoms with Crippen LogP contribution in [0.3, 0.4) is 0 Å². The minimum absolute atomic E-state index is 0. The van der Waals surface area contributed by atoms with Crippen molar-refractivity contribution in [3.63, 3.8) is 0 Å². The fraction of sp³-hybridized carbons (Fsp3) is 0.333. The quantitative estimate of drug-likeness (QED) is 0.547. The van der Waals surface area contributed by atoms with Crippen LogP contribution >= 0.6 is 11.6 Å². The van der Waals surface area contributed by atoms with Crippen LogP contribution in [-0.2, 0) is 26.5 Å². The Morgan fingerprint density at radius 1 is 1.75 bits per heavy atom. The van der Waals surface area contributed by atoms with Gasteiger partial charge >= 0.3 is 0 Å². The SMILES string of the molecule is Cn1ncnc1Cl.[Zn]. The van der Waals surface area contributed by atoms with Gasteiger partial charge in [0.1, 0.15) is 6.33 Å². The maximum absolute atomic E-state index is 5.41. The molecule has 0 saturated carbocycles. The van der Waals surface area contributed by atoms with Crippen molar-refractivity contribution in [3.05, 3.63) is 11.6 Å². The van der Waals surface area contributed by atoms with E-state index in [2.05, 4.69) is 10.1 Å².